The molecule has 0 amide bonds. The van der Waals surface area contributed by atoms with Crippen LogP contribution < -0.4 is 4.74 Å². The zero-order valence-corrected chi connectivity index (χ0v) is 15.0. The Morgan fingerprint density at radius 3 is 2.80 bits per heavy atom. The van der Waals surface area contributed by atoms with E-state index in [0.717, 1.165) is 18.5 Å². The van der Waals surface area contributed by atoms with E-state index in [0.29, 0.717) is 42.4 Å². The minimum Gasteiger partial charge on any atom is -0.489 e. The number of halogens is 1. The van der Waals surface area contributed by atoms with E-state index in [9.17, 15) is 4.79 Å². The fraction of sp³-hybridized carbons (Fsp3) is 0.529. The summed E-state index contributed by atoms with van der Waals surface area (Å²) in [4.78, 5) is 16.6. The molecule has 8 heteroatoms. The maximum atomic E-state index is 12.0. The third kappa shape index (κ3) is 3.73. The van der Waals surface area contributed by atoms with Gasteiger partial charge in [0.25, 0.3) is 0 Å². The lowest BCUT2D eigenvalue weighted by Gasteiger charge is -2.27. The summed E-state index contributed by atoms with van der Waals surface area (Å²) < 4.78 is 23.2. The second-order valence-electron chi connectivity index (χ2n) is 5.73. The number of benzene rings is 1. The first-order valence-corrected chi connectivity index (χ1v) is 8.62. The first-order chi connectivity index (χ1) is 12.2. The number of alkyl halides is 1. The molecule has 0 saturated carbocycles. The number of hydrogen-bond acceptors (Lipinski definition) is 6. The number of imidazole rings is 1. The van der Waals surface area contributed by atoms with Crippen molar-refractivity contribution in [3.63, 3.8) is 0 Å². The second-order valence-corrected chi connectivity index (χ2v) is 6.00. The molecule has 0 bridgehead atoms. The third-order valence-electron chi connectivity index (χ3n) is 4.16. The van der Waals surface area contributed by atoms with Gasteiger partial charge in [-0.1, -0.05) is 0 Å². The standard InChI is InChI=1S/C17H21ClN2O5/c1-22-5-6-25-14-8-11(17(21)23-2)7-13-16(14)19-15(9-18)20(13)10-12-3-4-24-12/h7-8,12H,3-6,9-10H2,1-2H3/t12-/m0/s1. The van der Waals surface area contributed by atoms with Gasteiger partial charge in [0.15, 0.2) is 0 Å². The van der Waals surface area contributed by atoms with Crippen LogP contribution in [-0.4, -0.2) is 55.7 Å². The summed E-state index contributed by atoms with van der Waals surface area (Å²) in [6.45, 7) is 2.20. The molecule has 1 saturated heterocycles. The Kier molecular flexibility index (Phi) is 5.78. The highest BCUT2D eigenvalue weighted by Gasteiger charge is 2.24. The highest BCUT2D eigenvalue weighted by atomic mass is 35.5. The van der Waals surface area contributed by atoms with Crippen molar-refractivity contribution in [2.45, 2.75) is 24.9 Å². The van der Waals surface area contributed by atoms with Crippen molar-refractivity contribution in [2.24, 2.45) is 0 Å². The summed E-state index contributed by atoms with van der Waals surface area (Å²) in [5.41, 5.74) is 1.85. The monoisotopic (exact) mass is 368 g/mol. The van der Waals surface area contributed by atoms with E-state index in [2.05, 4.69) is 4.98 Å². The minimum atomic E-state index is -0.432. The molecule has 1 aliphatic heterocycles. The largest absolute Gasteiger partial charge is 0.489 e. The van der Waals surface area contributed by atoms with Crippen LogP contribution in [0.15, 0.2) is 12.1 Å². The molecule has 136 valence electrons. The van der Waals surface area contributed by atoms with Crippen LogP contribution in [0.4, 0.5) is 0 Å². The van der Waals surface area contributed by atoms with Crippen molar-refractivity contribution in [3.8, 4) is 5.75 Å². The van der Waals surface area contributed by atoms with Crippen LogP contribution in [0.2, 0.25) is 0 Å². The first kappa shape index (κ1) is 18.0. The lowest BCUT2D eigenvalue weighted by Crippen LogP contribution is -2.31. The molecule has 1 aliphatic rings. The van der Waals surface area contributed by atoms with Gasteiger partial charge in [-0.25, -0.2) is 9.78 Å². The molecule has 25 heavy (non-hydrogen) atoms. The lowest BCUT2D eigenvalue weighted by molar-refractivity contribution is -0.0589. The van der Waals surface area contributed by atoms with E-state index in [1.807, 2.05) is 4.57 Å². The molecule has 0 unspecified atom stereocenters. The van der Waals surface area contributed by atoms with E-state index >= 15 is 0 Å². The summed E-state index contributed by atoms with van der Waals surface area (Å²) in [7, 11) is 2.95. The van der Waals surface area contributed by atoms with Crippen molar-refractivity contribution in [1.29, 1.82) is 0 Å². The van der Waals surface area contributed by atoms with Crippen LogP contribution in [0.1, 0.15) is 22.6 Å². The number of methoxy groups -OCH3 is 2. The molecule has 1 aromatic heterocycles. The summed E-state index contributed by atoms with van der Waals surface area (Å²) in [5.74, 6) is 1.05. The minimum absolute atomic E-state index is 0.138. The highest BCUT2D eigenvalue weighted by molar-refractivity contribution is 6.17. The van der Waals surface area contributed by atoms with Crippen molar-refractivity contribution in [3.05, 3.63) is 23.5 Å². The molecule has 1 fully saturated rings. The molecule has 0 N–H and O–H groups in total. The predicted molar refractivity (Wildman–Crippen MR) is 92.4 cm³/mol. The lowest BCUT2D eigenvalue weighted by atomic mass is 10.1. The number of ether oxygens (including phenoxy) is 4. The quantitative estimate of drug-likeness (QED) is 0.404. The van der Waals surface area contributed by atoms with Gasteiger partial charge in [0.1, 0.15) is 23.7 Å². The molecule has 1 aromatic carbocycles. The SMILES string of the molecule is COCCOc1cc(C(=O)OC)cc2c1nc(CCl)n2C[C@@H]1CCO1. The van der Waals surface area contributed by atoms with Gasteiger partial charge in [-0.15, -0.1) is 11.6 Å². The third-order valence-corrected chi connectivity index (χ3v) is 4.40. The van der Waals surface area contributed by atoms with Crippen molar-refractivity contribution < 1.29 is 23.7 Å². The Balaban J connectivity index is 2.06. The number of nitrogens with zero attached hydrogens (tertiary/aromatic N) is 2. The molecular formula is C17H21ClN2O5. The maximum Gasteiger partial charge on any atom is 0.338 e. The van der Waals surface area contributed by atoms with Gasteiger partial charge in [0, 0.05) is 13.7 Å². The van der Waals surface area contributed by atoms with Gasteiger partial charge in [-0.05, 0) is 18.6 Å². The molecule has 2 aromatic rings. The Labute approximate surface area is 150 Å². The fourth-order valence-corrected chi connectivity index (χ4v) is 2.96. The van der Waals surface area contributed by atoms with Crippen molar-refractivity contribution in [2.75, 3.05) is 34.0 Å². The van der Waals surface area contributed by atoms with Gasteiger partial charge in [0.05, 0.1) is 43.3 Å². The van der Waals surface area contributed by atoms with Gasteiger partial charge < -0.3 is 23.5 Å². The summed E-state index contributed by atoms with van der Waals surface area (Å²) in [6, 6.07) is 3.39. The maximum absolute atomic E-state index is 12.0. The summed E-state index contributed by atoms with van der Waals surface area (Å²) in [6.07, 6.45) is 1.13. The Bertz CT molecular complexity index is 757. The smallest absolute Gasteiger partial charge is 0.338 e. The number of hydrogen-bond donors (Lipinski definition) is 0. The molecule has 3 rings (SSSR count). The number of rotatable bonds is 8. The van der Waals surface area contributed by atoms with E-state index in [1.54, 1.807) is 19.2 Å². The van der Waals surface area contributed by atoms with Crippen LogP contribution >= 0.6 is 11.6 Å². The van der Waals surface area contributed by atoms with Gasteiger partial charge >= 0.3 is 5.97 Å². The number of fused-ring (bicyclic) bond motifs is 1. The molecule has 0 aliphatic carbocycles. The van der Waals surface area contributed by atoms with E-state index in [1.165, 1.54) is 7.11 Å². The van der Waals surface area contributed by atoms with Crippen molar-refractivity contribution >= 4 is 28.6 Å². The molecule has 2 heterocycles. The highest BCUT2D eigenvalue weighted by Crippen LogP contribution is 2.30. The summed E-state index contributed by atoms with van der Waals surface area (Å²) >= 11 is 6.08. The number of carbonyl (C=O) groups excluding carboxylic acids is 1. The van der Waals surface area contributed by atoms with E-state index < -0.39 is 5.97 Å². The molecule has 0 spiro atoms. The molecular weight excluding hydrogens is 348 g/mol. The van der Waals surface area contributed by atoms with Crippen LogP contribution in [0, 0.1) is 0 Å². The van der Waals surface area contributed by atoms with Gasteiger partial charge in [0.2, 0.25) is 0 Å². The average Bonchev–Trinajstić information content (AvgIpc) is 2.95. The first-order valence-electron chi connectivity index (χ1n) is 8.08. The van der Waals surface area contributed by atoms with Gasteiger partial charge in [-0.3, -0.25) is 0 Å². The zero-order valence-electron chi connectivity index (χ0n) is 14.3. The molecule has 7 nitrogen and oxygen atoms in total. The Hall–Kier alpha value is -1.83. The van der Waals surface area contributed by atoms with Crippen LogP contribution in [0.5, 0.6) is 5.75 Å². The summed E-state index contributed by atoms with van der Waals surface area (Å²) in [5, 5.41) is 0. The van der Waals surface area contributed by atoms with Crippen LogP contribution in [0.3, 0.4) is 0 Å². The fourth-order valence-electron chi connectivity index (χ4n) is 2.76. The zero-order chi connectivity index (χ0) is 17.8. The number of aromatic nitrogens is 2. The van der Waals surface area contributed by atoms with Crippen molar-refractivity contribution in [1.82, 2.24) is 9.55 Å². The Morgan fingerprint density at radius 2 is 2.20 bits per heavy atom. The molecule has 1 atom stereocenters. The van der Waals surface area contributed by atoms with Crippen LogP contribution in [0.25, 0.3) is 11.0 Å². The van der Waals surface area contributed by atoms with E-state index in [4.69, 9.17) is 30.5 Å². The number of carbonyl (C=O) groups is 1. The average molecular weight is 369 g/mol. The van der Waals surface area contributed by atoms with Gasteiger partial charge in [-0.2, -0.15) is 0 Å². The normalized spacial score (nSPS) is 16.7. The molecule has 0 radical (unpaired) electrons. The van der Waals surface area contributed by atoms with Crippen LogP contribution in [-0.2, 0) is 26.6 Å². The Morgan fingerprint density at radius 1 is 1.40 bits per heavy atom. The number of esters is 1. The second kappa shape index (κ2) is 8.03. The van der Waals surface area contributed by atoms with E-state index in [-0.39, 0.29) is 12.0 Å². The topological polar surface area (TPSA) is 71.8 Å². The predicted octanol–water partition coefficient (Wildman–Crippen LogP) is 2.38.